The third kappa shape index (κ3) is 8.16. The van der Waals surface area contributed by atoms with E-state index in [1.807, 2.05) is 182 Å². The lowest BCUT2D eigenvalue weighted by atomic mass is 9.88. The van der Waals surface area contributed by atoms with Gasteiger partial charge in [0.2, 0.25) is 0 Å². The molecule has 0 N–H and O–H groups in total. The van der Waals surface area contributed by atoms with Crippen molar-refractivity contribution in [2.24, 2.45) is 0 Å². The van der Waals surface area contributed by atoms with Gasteiger partial charge in [-0.2, -0.15) is 0 Å². The van der Waals surface area contributed by atoms with E-state index in [1.165, 1.54) is 5.56 Å². The molecule has 404 valence electrons. The molecule has 6 heteroatoms. The molecule has 0 aliphatic rings. The Labute approximate surface area is 489 Å². The van der Waals surface area contributed by atoms with Crippen molar-refractivity contribution in [2.75, 3.05) is 9.80 Å². The minimum Gasteiger partial charge on any atom is -0.454 e. The number of benzene rings is 14. The van der Waals surface area contributed by atoms with Crippen molar-refractivity contribution in [3.05, 3.63) is 290 Å². The van der Waals surface area contributed by atoms with Crippen LogP contribution in [0.1, 0.15) is 25.3 Å². The van der Waals surface area contributed by atoms with Crippen LogP contribution in [0.3, 0.4) is 0 Å². The summed E-state index contributed by atoms with van der Waals surface area (Å²) in [4.78, 5) is 4.14. The Morgan fingerprint density at radius 3 is 1.12 bits per heavy atom. The molecule has 2 heterocycles. The van der Waals surface area contributed by atoms with Gasteiger partial charge in [-0.3, -0.25) is 0 Å². The Kier molecular flexibility index (Phi) is 11.7. The first-order valence-electron chi connectivity index (χ1n) is 28.9. The second-order valence-electron chi connectivity index (χ2n) is 22.4. The average molecular weight is 1100 g/mol. The topological polar surface area (TPSA) is 32.8 Å². The maximum atomic E-state index is 19.0. The summed E-state index contributed by atoms with van der Waals surface area (Å²) in [5, 5.41) is 9.45. The van der Waals surface area contributed by atoms with Crippen LogP contribution in [0.2, 0.25) is 0 Å². The van der Waals surface area contributed by atoms with E-state index in [9.17, 15) is 0 Å². The van der Waals surface area contributed by atoms with Crippen LogP contribution in [0, 0.1) is 11.6 Å². The Balaban J connectivity index is 1.11. The molecule has 2 aromatic heterocycles. The molecular formula is C79H52F2N2O2. The number of anilines is 6. The second-order valence-corrected chi connectivity index (χ2v) is 22.4. The highest BCUT2D eigenvalue weighted by atomic mass is 19.1. The number of rotatable bonds is 11. The SMILES string of the molecule is CC(C)c1cc2ccc3c(N(c4c(F)cc(-c5ccccc5)cc4-c4ccccc4)c4cccc5c4oc4ccccc45)cc(N(c4c(F)cc(-c5ccccc5)cc4-c4ccccc4)c4cccc5c4oc4ccccc45)c4ccc(c1)c2c34. The van der Waals surface area contributed by atoms with Crippen LogP contribution in [0.25, 0.3) is 121 Å². The molecule has 0 radical (unpaired) electrons. The van der Waals surface area contributed by atoms with E-state index in [0.717, 1.165) is 87.2 Å². The number of hydrogen-bond acceptors (Lipinski definition) is 4. The third-order valence-electron chi connectivity index (χ3n) is 17.0. The molecule has 0 bridgehead atoms. The van der Waals surface area contributed by atoms with Crippen LogP contribution in [0.15, 0.2) is 282 Å². The molecule has 85 heavy (non-hydrogen) atoms. The van der Waals surface area contributed by atoms with Crippen LogP contribution in [0.5, 0.6) is 0 Å². The summed E-state index contributed by atoms with van der Waals surface area (Å²) in [6, 6.07) is 91.4. The third-order valence-corrected chi connectivity index (χ3v) is 17.0. The lowest BCUT2D eigenvalue weighted by Crippen LogP contribution is -2.17. The zero-order chi connectivity index (χ0) is 56.9. The number of furan rings is 2. The van der Waals surface area contributed by atoms with E-state index in [4.69, 9.17) is 8.83 Å². The summed E-state index contributed by atoms with van der Waals surface area (Å²) in [5.41, 5.74) is 13.1. The fraction of sp³-hybridized carbons (Fsp3) is 0.0380. The van der Waals surface area contributed by atoms with E-state index in [2.05, 4.69) is 103 Å². The van der Waals surface area contributed by atoms with Gasteiger partial charge in [0.05, 0.1) is 34.1 Å². The highest BCUT2D eigenvalue weighted by Crippen LogP contribution is 2.56. The fourth-order valence-corrected chi connectivity index (χ4v) is 13.1. The van der Waals surface area contributed by atoms with E-state index in [-0.39, 0.29) is 5.92 Å². The molecule has 14 aromatic carbocycles. The Bertz CT molecular complexity index is 4930. The summed E-state index contributed by atoms with van der Waals surface area (Å²) in [7, 11) is 0. The van der Waals surface area contributed by atoms with Gasteiger partial charge in [-0.05, 0) is 116 Å². The van der Waals surface area contributed by atoms with Crippen molar-refractivity contribution >= 4 is 110 Å². The first-order valence-corrected chi connectivity index (χ1v) is 28.9. The summed E-state index contributed by atoms with van der Waals surface area (Å²) in [6.45, 7) is 4.44. The van der Waals surface area contributed by atoms with Gasteiger partial charge in [-0.1, -0.05) is 232 Å². The molecule has 0 amide bonds. The molecule has 0 aliphatic carbocycles. The van der Waals surface area contributed by atoms with Crippen molar-refractivity contribution in [3.8, 4) is 44.5 Å². The predicted molar refractivity (Wildman–Crippen MR) is 350 cm³/mol. The van der Waals surface area contributed by atoms with Gasteiger partial charge in [0.1, 0.15) is 22.8 Å². The highest BCUT2D eigenvalue weighted by molar-refractivity contribution is 6.30. The molecule has 16 aromatic rings. The zero-order valence-electron chi connectivity index (χ0n) is 46.5. The normalized spacial score (nSPS) is 11.9. The van der Waals surface area contributed by atoms with E-state index in [0.29, 0.717) is 67.6 Å². The average Bonchev–Trinajstić information content (AvgIpc) is 1.36. The van der Waals surface area contributed by atoms with Gasteiger partial charge >= 0.3 is 0 Å². The van der Waals surface area contributed by atoms with E-state index in [1.54, 1.807) is 12.1 Å². The van der Waals surface area contributed by atoms with Gasteiger partial charge in [-0.15, -0.1) is 0 Å². The molecule has 0 aliphatic heterocycles. The van der Waals surface area contributed by atoms with Crippen LogP contribution >= 0.6 is 0 Å². The van der Waals surface area contributed by atoms with Gasteiger partial charge in [0.25, 0.3) is 0 Å². The van der Waals surface area contributed by atoms with Gasteiger partial charge < -0.3 is 18.6 Å². The molecule has 0 saturated heterocycles. The Morgan fingerprint density at radius 2 is 0.694 bits per heavy atom. The molecule has 0 unspecified atom stereocenters. The standard InChI is InChI=1S/C79H52F2N2O2/c1-48(2)55-41-53-37-39-62-70(82(68-33-19-31-60-58-29-15-17-35-72(58)84-78(60)68)76-64(51-25-11-5-12-26-51)43-56(45-66(76)80)49-21-7-3-8-22-49)47-71(63-40-38-54(42-55)74(53)75(62)63)83(69-34-20-32-61-59-30-16-18-36-73(59)85-79(61)69)77-65(52-27-13-6-14-28-52)44-57(46-67(77)81)50-23-9-4-10-24-50/h3-48H,1-2H3. The van der Waals surface area contributed by atoms with Gasteiger partial charge in [0.15, 0.2) is 11.2 Å². The second kappa shape index (κ2) is 20.0. The van der Waals surface area contributed by atoms with Crippen LogP contribution < -0.4 is 9.80 Å². The van der Waals surface area contributed by atoms with Crippen LogP contribution in [-0.4, -0.2) is 0 Å². The van der Waals surface area contributed by atoms with Crippen molar-refractivity contribution < 1.29 is 17.6 Å². The summed E-state index contributed by atoms with van der Waals surface area (Å²) >= 11 is 0. The molecule has 0 atom stereocenters. The number of halogens is 2. The predicted octanol–water partition coefficient (Wildman–Crippen LogP) is 23.4. The molecular weight excluding hydrogens is 1050 g/mol. The zero-order valence-corrected chi connectivity index (χ0v) is 46.5. The maximum Gasteiger partial charge on any atom is 0.159 e. The minimum absolute atomic E-state index is 0.254. The number of nitrogens with zero attached hydrogens (tertiary/aromatic N) is 2. The van der Waals surface area contributed by atoms with Crippen molar-refractivity contribution in [1.82, 2.24) is 0 Å². The molecule has 16 rings (SSSR count). The van der Waals surface area contributed by atoms with Gasteiger partial charge in [0, 0.05) is 48.8 Å². The number of para-hydroxylation sites is 4. The maximum absolute atomic E-state index is 19.0. The lowest BCUT2D eigenvalue weighted by Gasteiger charge is -2.34. The first-order chi connectivity index (χ1) is 41.8. The Hall–Kier alpha value is -10.8. The first kappa shape index (κ1) is 50.0. The largest absolute Gasteiger partial charge is 0.454 e. The monoisotopic (exact) mass is 1100 g/mol. The molecule has 0 fully saturated rings. The summed E-state index contributed by atoms with van der Waals surface area (Å²) in [5.74, 6) is -0.635. The molecule has 0 spiro atoms. The number of hydrogen-bond donors (Lipinski definition) is 0. The molecule has 0 saturated carbocycles. The highest BCUT2D eigenvalue weighted by Gasteiger charge is 2.33. The lowest BCUT2D eigenvalue weighted by molar-refractivity contribution is 0.629. The molecule has 4 nitrogen and oxygen atoms in total. The van der Waals surface area contributed by atoms with Gasteiger partial charge in [-0.25, -0.2) is 8.78 Å². The van der Waals surface area contributed by atoms with Crippen molar-refractivity contribution in [1.29, 1.82) is 0 Å². The Morgan fingerprint density at radius 1 is 0.306 bits per heavy atom. The summed E-state index contributed by atoms with van der Waals surface area (Å²) in [6.07, 6.45) is 0. The van der Waals surface area contributed by atoms with Crippen LogP contribution in [-0.2, 0) is 0 Å². The van der Waals surface area contributed by atoms with E-state index >= 15 is 8.78 Å². The fourth-order valence-electron chi connectivity index (χ4n) is 13.1. The summed E-state index contributed by atoms with van der Waals surface area (Å²) < 4.78 is 52.1. The smallest absolute Gasteiger partial charge is 0.159 e. The minimum atomic E-state index is -0.444. The number of fused-ring (bicyclic) bond motifs is 6. The van der Waals surface area contributed by atoms with Crippen molar-refractivity contribution in [2.45, 2.75) is 19.8 Å². The quantitative estimate of drug-likeness (QED) is 0.121. The van der Waals surface area contributed by atoms with Crippen molar-refractivity contribution in [3.63, 3.8) is 0 Å². The van der Waals surface area contributed by atoms with Crippen LogP contribution in [0.4, 0.5) is 42.9 Å². The van der Waals surface area contributed by atoms with E-state index < -0.39 is 11.6 Å².